The number of sulfonamides is 1. The van der Waals surface area contributed by atoms with Gasteiger partial charge in [0.05, 0.1) is 11.7 Å². The molecule has 2 aliphatic heterocycles. The molecule has 0 aromatic carbocycles. The predicted molar refractivity (Wildman–Crippen MR) is 82.4 cm³/mol. The van der Waals surface area contributed by atoms with Crippen LogP contribution >= 0.6 is 0 Å². The van der Waals surface area contributed by atoms with E-state index in [0.717, 1.165) is 32.4 Å². The zero-order chi connectivity index (χ0) is 15.5. The zero-order valence-corrected chi connectivity index (χ0v) is 13.8. The Morgan fingerprint density at radius 1 is 1.38 bits per heavy atom. The number of hydrogen-bond acceptors (Lipinski definition) is 4. The third-order valence-electron chi connectivity index (χ3n) is 4.89. The topological polar surface area (TPSA) is 78.5 Å². The first kappa shape index (κ1) is 16.7. The molecule has 2 fully saturated rings. The minimum atomic E-state index is -3.10. The molecular weight excluding hydrogens is 290 g/mol. The summed E-state index contributed by atoms with van der Waals surface area (Å²) in [4.78, 5) is 12.6. The van der Waals surface area contributed by atoms with Gasteiger partial charge in [-0.05, 0) is 38.6 Å². The lowest BCUT2D eigenvalue weighted by atomic mass is 9.77. The van der Waals surface area contributed by atoms with Crippen molar-refractivity contribution in [1.29, 1.82) is 0 Å². The van der Waals surface area contributed by atoms with Crippen LogP contribution in [0.5, 0.6) is 0 Å². The molecule has 1 atom stereocenters. The molecule has 2 saturated heterocycles. The third-order valence-corrected chi connectivity index (χ3v) is 6.19. The largest absolute Gasteiger partial charge is 0.353 e. The van der Waals surface area contributed by atoms with Crippen LogP contribution < -0.4 is 10.6 Å². The molecule has 1 unspecified atom stereocenters. The molecule has 0 radical (unpaired) electrons. The number of nitrogens with zero attached hydrogens (tertiary/aromatic N) is 1. The van der Waals surface area contributed by atoms with Crippen molar-refractivity contribution in [1.82, 2.24) is 14.9 Å². The molecule has 0 aliphatic carbocycles. The van der Waals surface area contributed by atoms with E-state index < -0.39 is 10.0 Å². The van der Waals surface area contributed by atoms with Crippen LogP contribution in [0.1, 0.15) is 39.0 Å². The number of amides is 1. The van der Waals surface area contributed by atoms with Gasteiger partial charge >= 0.3 is 0 Å². The molecule has 0 saturated carbocycles. The summed E-state index contributed by atoms with van der Waals surface area (Å²) in [6.07, 6.45) is 5.45. The highest BCUT2D eigenvalue weighted by Crippen LogP contribution is 2.30. The van der Waals surface area contributed by atoms with Crippen LogP contribution in [0, 0.1) is 5.41 Å². The van der Waals surface area contributed by atoms with Crippen LogP contribution in [0.3, 0.4) is 0 Å². The molecular formula is C14H27N3O3S. The second-order valence-electron chi connectivity index (χ2n) is 6.32. The van der Waals surface area contributed by atoms with Gasteiger partial charge in [0.2, 0.25) is 15.9 Å². The van der Waals surface area contributed by atoms with Crippen LogP contribution in [-0.2, 0) is 14.8 Å². The maximum atomic E-state index is 12.6. The first-order valence-electron chi connectivity index (χ1n) is 7.84. The first-order chi connectivity index (χ1) is 9.87. The second kappa shape index (κ2) is 6.62. The van der Waals surface area contributed by atoms with Crippen molar-refractivity contribution in [3.63, 3.8) is 0 Å². The fraction of sp³-hybridized carbons (Fsp3) is 0.929. The Morgan fingerprint density at radius 3 is 2.52 bits per heavy atom. The fourth-order valence-corrected chi connectivity index (χ4v) is 4.17. The molecule has 2 N–H and O–H groups in total. The summed E-state index contributed by atoms with van der Waals surface area (Å²) in [6.45, 7) is 4.81. The highest BCUT2D eigenvalue weighted by atomic mass is 32.2. The van der Waals surface area contributed by atoms with Crippen LogP contribution in [0.25, 0.3) is 0 Å². The highest BCUT2D eigenvalue weighted by molar-refractivity contribution is 7.88. The minimum absolute atomic E-state index is 0.0980. The van der Waals surface area contributed by atoms with Crippen molar-refractivity contribution in [2.24, 2.45) is 5.41 Å². The number of carbonyl (C=O) groups excluding carboxylic acids is 1. The molecule has 7 heteroatoms. The molecule has 0 bridgehead atoms. The van der Waals surface area contributed by atoms with Crippen molar-refractivity contribution in [2.45, 2.75) is 45.1 Å². The monoisotopic (exact) mass is 317 g/mol. The van der Waals surface area contributed by atoms with Gasteiger partial charge in [-0.1, -0.05) is 6.92 Å². The number of rotatable bonds is 4. The summed E-state index contributed by atoms with van der Waals surface area (Å²) < 4.78 is 24.5. The summed E-state index contributed by atoms with van der Waals surface area (Å²) in [6, 6.07) is 0.0980. The Balaban J connectivity index is 1.89. The Morgan fingerprint density at radius 2 is 2.05 bits per heavy atom. The number of carbonyl (C=O) groups is 1. The van der Waals surface area contributed by atoms with Gasteiger partial charge in [-0.25, -0.2) is 12.7 Å². The van der Waals surface area contributed by atoms with Gasteiger partial charge < -0.3 is 10.6 Å². The van der Waals surface area contributed by atoms with E-state index in [0.29, 0.717) is 25.9 Å². The smallest absolute Gasteiger partial charge is 0.227 e. The average Bonchev–Trinajstić information content (AvgIpc) is 2.47. The van der Waals surface area contributed by atoms with E-state index in [1.807, 2.05) is 0 Å². The van der Waals surface area contributed by atoms with E-state index in [1.54, 1.807) is 0 Å². The Labute approximate surface area is 127 Å². The van der Waals surface area contributed by atoms with Crippen LogP contribution in [-0.4, -0.2) is 57.1 Å². The first-order valence-corrected chi connectivity index (χ1v) is 9.69. The number of piperidine rings is 2. The molecule has 0 spiro atoms. The van der Waals surface area contributed by atoms with E-state index in [1.165, 1.54) is 10.6 Å². The van der Waals surface area contributed by atoms with Crippen LogP contribution in [0.4, 0.5) is 0 Å². The molecule has 6 nitrogen and oxygen atoms in total. The lowest BCUT2D eigenvalue weighted by Gasteiger charge is -2.38. The van der Waals surface area contributed by atoms with E-state index in [2.05, 4.69) is 17.6 Å². The van der Waals surface area contributed by atoms with Crippen molar-refractivity contribution in [2.75, 3.05) is 32.4 Å². The molecule has 2 aliphatic rings. The van der Waals surface area contributed by atoms with Gasteiger partial charge in [-0.2, -0.15) is 0 Å². The van der Waals surface area contributed by atoms with Gasteiger partial charge in [-0.3, -0.25) is 4.79 Å². The van der Waals surface area contributed by atoms with Crippen molar-refractivity contribution in [3.8, 4) is 0 Å². The third kappa shape index (κ3) is 3.96. The SMILES string of the molecule is CCC1(C(=O)NC2CCN(S(C)(=O)=O)CC2)CCCNC1. The number of hydrogen-bond donors (Lipinski definition) is 2. The van der Waals surface area contributed by atoms with E-state index in [-0.39, 0.29) is 17.4 Å². The summed E-state index contributed by atoms with van der Waals surface area (Å²) in [5.74, 6) is 0.134. The van der Waals surface area contributed by atoms with Gasteiger partial charge in [0.15, 0.2) is 0 Å². The molecule has 21 heavy (non-hydrogen) atoms. The molecule has 2 heterocycles. The Hall–Kier alpha value is -0.660. The lowest BCUT2D eigenvalue weighted by molar-refractivity contribution is -0.133. The van der Waals surface area contributed by atoms with E-state index in [4.69, 9.17) is 0 Å². The molecule has 1 amide bonds. The maximum Gasteiger partial charge on any atom is 0.227 e. The molecule has 0 aromatic rings. The summed E-state index contributed by atoms with van der Waals surface area (Å²) >= 11 is 0. The second-order valence-corrected chi connectivity index (χ2v) is 8.31. The lowest BCUT2D eigenvalue weighted by Crippen LogP contribution is -2.54. The fourth-order valence-electron chi connectivity index (χ4n) is 3.29. The summed E-state index contributed by atoms with van der Waals surface area (Å²) in [5, 5.41) is 6.48. The highest BCUT2D eigenvalue weighted by Gasteiger charge is 2.39. The Bertz CT molecular complexity index is 464. The zero-order valence-electron chi connectivity index (χ0n) is 13.0. The van der Waals surface area contributed by atoms with E-state index >= 15 is 0 Å². The van der Waals surface area contributed by atoms with Crippen molar-refractivity contribution in [3.05, 3.63) is 0 Å². The summed E-state index contributed by atoms with van der Waals surface area (Å²) in [7, 11) is -3.10. The molecule has 0 aromatic heterocycles. The van der Waals surface area contributed by atoms with Crippen LogP contribution in [0.15, 0.2) is 0 Å². The summed E-state index contributed by atoms with van der Waals surface area (Å²) in [5.41, 5.74) is -0.285. The quantitative estimate of drug-likeness (QED) is 0.782. The predicted octanol–water partition coefficient (Wildman–Crippen LogP) is 0.306. The maximum absolute atomic E-state index is 12.6. The van der Waals surface area contributed by atoms with Gasteiger partial charge in [0.1, 0.15) is 0 Å². The van der Waals surface area contributed by atoms with E-state index in [9.17, 15) is 13.2 Å². The Kier molecular flexibility index (Phi) is 5.27. The van der Waals surface area contributed by atoms with Gasteiger partial charge in [0.25, 0.3) is 0 Å². The van der Waals surface area contributed by atoms with Crippen molar-refractivity contribution < 1.29 is 13.2 Å². The number of nitrogens with one attached hydrogen (secondary N) is 2. The molecule has 122 valence electrons. The van der Waals surface area contributed by atoms with Gasteiger partial charge in [0, 0.05) is 25.7 Å². The normalized spacial score (nSPS) is 29.2. The molecule has 2 rings (SSSR count). The van der Waals surface area contributed by atoms with Gasteiger partial charge in [-0.15, -0.1) is 0 Å². The van der Waals surface area contributed by atoms with Crippen LogP contribution in [0.2, 0.25) is 0 Å². The average molecular weight is 317 g/mol. The minimum Gasteiger partial charge on any atom is -0.353 e. The van der Waals surface area contributed by atoms with Crippen molar-refractivity contribution >= 4 is 15.9 Å². The standard InChI is InChI=1S/C14H27N3O3S/c1-3-14(7-4-8-15-11-14)13(18)16-12-5-9-17(10-6-12)21(2,19)20/h12,15H,3-11H2,1-2H3,(H,16,18).